The molecule has 2 aliphatic rings. The highest BCUT2D eigenvalue weighted by Gasteiger charge is 2.55. The van der Waals surface area contributed by atoms with E-state index in [1.165, 1.54) is 18.2 Å². The van der Waals surface area contributed by atoms with Gasteiger partial charge in [0.25, 0.3) is 6.02 Å². The monoisotopic (exact) mass is 482 g/mol. The van der Waals surface area contributed by atoms with Crippen LogP contribution in [-0.2, 0) is 21.4 Å². The van der Waals surface area contributed by atoms with Gasteiger partial charge in [-0.2, -0.15) is 0 Å². The number of Topliss-reactive ketones (excluding diaryl/α,β-unsaturated/α-hetero) is 1. The fourth-order valence-electron chi connectivity index (χ4n) is 4.55. The Labute approximate surface area is 192 Å². The van der Waals surface area contributed by atoms with Crippen LogP contribution in [-0.4, -0.2) is 53.9 Å². The molecule has 2 N–H and O–H groups in total. The smallest absolute Gasteiger partial charge is 0.283 e. The van der Waals surface area contributed by atoms with Crippen molar-refractivity contribution in [2.45, 2.75) is 43.9 Å². The molecule has 1 aromatic heterocycles. The van der Waals surface area contributed by atoms with Gasteiger partial charge < -0.3 is 19.9 Å². The summed E-state index contributed by atoms with van der Waals surface area (Å²) in [6.07, 6.45) is -2.66. The molecule has 4 atom stereocenters. The average molecular weight is 482 g/mol. The predicted molar refractivity (Wildman–Crippen MR) is 111 cm³/mol. The molecule has 4 rings (SSSR count). The van der Waals surface area contributed by atoms with E-state index >= 15 is 4.39 Å². The summed E-state index contributed by atoms with van der Waals surface area (Å²) < 4.78 is 69.2. The summed E-state index contributed by atoms with van der Waals surface area (Å²) in [6, 6.07) is 3.87. The number of amidine groups is 1. The molecular weight excluding hydrogens is 460 g/mol. The minimum atomic E-state index is -2.63. The first-order valence-electron chi connectivity index (χ1n) is 10.5. The largest absolute Gasteiger partial charge is 0.459 e. The van der Waals surface area contributed by atoms with Crippen molar-refractivity contribution in [2.75, 3.05) is 13.5 Å². The molecule has 2 aliphatic heterocycles. The minimum absolute atomic E-state index is 0.0119. The number of alkyl halides is 3. The van der Waals surface area contributed by atoms with Crippen LogP contribution in [0.2, 0.25) is 0 Å². The molecule has 0 bridgehead atoms. The van der Waals surface area contributed by atoms with Crippen molar-refractivity contribution in [3.8, 4) is 5.88 Å². The Morgan fingerprint density at radius 2 is 2.12 bits per heavy atom. The molecular formula is C22H22F4N4O4. The number of carbonyl (C=O) groups excluding carboxylic acids is 1. The lowest BCUT2D eigenvalue weighted by Crippen LogP contribution is -2.50. The Bertz CT molecular complexity index is 1090. The fraction of sp³-hybridized carbons (Fsp3) is 0.455. The van der Waals surface area contributed by atoms with E-state index in [1.54, 1.807) is 6.92 Å². The first-order chi connectivity index (χ1) is 16.2. The number of nitrogens with zero attached hydrogens (tertiary/aromatic N) is 3. The van der Waals surface area contributed by atoms with E-state index in [0.717, 1.165) is 12.4 Å². The third-order valence-electron chi connectivity index (χ3n) is 6.01. The van der Waals surface area contributed by atoms with Gasteiger partial charge in [0.2, 0.25) is 19.2 Å². The second-order valence-electron chi connectivity index (χ2n) is 8.19. The fourth-order valence-corrected chi connectivity index (χ4v) is 4.55. The van der Waals surface area contributed by atoms with Crippen LogP contribution in [0.15, 0.2) is 35.6 Å². The average Bonchev–Trinajstić information content (AvgIpc) is 3.18. The molecule has 0 saturated carbocycles. The molecule has 0 radical (unpaired) electrons. The van der Waals surface area contributed by atoms with E-state index in [0.29, 0.717) is 5.56 Å². The number of carbonyl (C=O) groups is 1. The summed E-state index contributed by atoms with van der Waals surface area (Å²) >= 11 is 0. The van der Waals surface area contributed by atoms with Gasteiger partial charge in [0.05, 0.1) is 31.0 Å². The standard InChI is InChI=1S/C22H22F4N4O4/c1-22(20-16(6-18(25)26)32-9-17(20)34-21(27)30-22)12-4-11(2-3-13(12)24)5-15(31)14-7-29-19(8-28-14)33-10-23/h2-4,7-8,16-18,20H,5-6,9-10H2,1H3,(H2,27,30)/t16-,17+,20-,22+/m0/s1. The van der Waals surface area contributed by atoms with Gasteiger partial charge in [-0.25, -0.2) is 32.5 Å². The van der Waals surface area contributed by atoms with Crippen LogP contribution >= 0.6 is 0 Å². The quantitative estimate of drug-likeness (QED) is 0.455. The zero-order valence-electron chi connectivity index (χ0n) is 18.1. The number of ether oxygens (including phenoxy) is 3. The molecule has 12 heteroatoms. The molecule has 0 unspecified atom stereocenters. The summed E-state index contributed by atoms with van der Waals surface area (Å²) in [5.41, 5.74) is 5.00. The van der Waals surface area contributed by atoms with Gasteiger partial charge in [0.1, 0.15) is 23.2 Å². The number of halogens is 4. The Balaban J connectivity index is 1.63. The van der Waals surface area contributed by atoms with Crippen LogP contribution in [0.3, 0.4) is 0 Å². The highest BCUT2D eigenvalue weighted by atomic mass is 19.3. The highest BCUT2D eigenvalue weighted by Crippen LogP contribution is 2.47. The zero-order chi connectivity index (χ0) is 24.5. The topological polar surface area (TPSA) is 109 Å². The lowest BCUT2D eigenvalue weighted by atomic mass is 9.73. The van der Waals surface area contributed by atoms with E-state index in [4.69, 9.17) is 15.2 Å². The van der Waals surface area contributed by atoms with E-state index in [1.807, 2.05) is 0 Å². The van der Waals surface area contributed by atoms with Gasteiger partial charge in [-0.05, 0) is 24.6 Å². The molecule has 34 heavy (non-hydrogen) atoms. The summed E-state index contributed by atoms with van der Waals surface area (Å²) in [5.74, 6) is -1.85. The van der Waals surface area contributed by atoms with Crippen molar-refractivity contribution in [1.29, 1.82) is 0 Å². The van der Waals surface area contributed by atoms with E-state index in [2.05, 4.69) is 19.7 Å². The second kappa shape index (κ2) is 9.53. The summed E-state index contributed by atoms with van der Waals surface area (Å²) in [4.78, 5) is 24.7. The van der Waals surface area contributed by atoms with Crippen LogP contribution < -0.4 is 10.5 Å². The molecule has 1 aromatic carbocycles. The third-order valence-corrected chi connectivity index (χ3v) is 6.01. The maximum Gasteiger partial charge on any atom is 0.283 e. The maximum atomic E-state index is 15.1. The van der Waals surface area contributed by atoms with Crippen molar-refractivity contribution >= 4 is 11.8 Å². The van der Waals surface area contributed by atoms with E-state index in [9.17, 15) is 18.0 Å². The summed E-state index contributed by atoms with van der Waals surface area (Å²) in [7, 11) is 0. The van der Waals surface area contributed by atoms with Crippen LogP contribution in [0.5, 0.6) is 5.88 Å². The van der Waals surface area contributed by atoms with Crippen molar-refractivity contribution in [2.24, 2.45) is 16.6 Å². The van der Waals surface area contributed by atoms with Gasteiger partial charge >= 0.3 is 0 Å². The Morgan fingerprint density at radius 3 is 2.79 bits per heavy atom. The summed E-state index contributed by atoms with van der Waals surface area (Å²) in [6.45, 7) is 0.531. The Kier molecular flexibility index (Phi) is 6.69. The second-order valence-corrected chi connectivity index (χ2v) is 8.19. The lowest BCUT2D eigenvalue weighted by Gasteiger charge is -2.41. The number of rotatable bonds is 8. The lowest BCUT2D eigenvalue weighted by molar-refractivity contribution is 0.00636. The van der Waals surface area contributed by atoms with Gasteiger partial charge in [0.15, 0.2) is 5.78 Å². The number of hydrogen-bond acceptors (Lipinski definition) is 8. The molecule has 8 nitrogen and oxygen atoms in total. The van der Waals surface area contributed by atoms with Crippen LogP contribution in [0.1, 0.15) is 35.0 Å². The number of ketones is 1. The van der Waals surface area contributed by atoms with Gasteiger partial charge in [0, 0.05) is 18.4 Å². The number of benzene rings is 1. The Morgan fingerprint density at radius 1 is 1.32 bits per heavy atom. The van der Waals surface area contributed by atoms with Gasteiger partial charge in [-0.15, -0.1) is 0 Å². The number of aromatic nitrogens is 2. The molecule has 0 aliphatic carbocycles. The van der Waals surface area contributed by atoms with Gasteiger partial charge in [-0.1, -0.05) is 6.07 Å². The minimum Gasteiger partial charge on any atom is -0.459 e. The first-order valence-corrected chi connectivity index (χ1v) is 10.5. The summed E-state index contributed by atoms with van der Waals surface area (Å²) in [5, 5.41) is 0. The highest BCUT2D eigenvalue weighted by molar-refractivity contribution is 5.95. The molecule has 1 saturated heterocycles. The maximum absolute atomic E-state index is 15.1. The molecule has 0 amide bonds. The predicted octanol–water partition coefficient (Wildman–Crippen LogP) is 2.95. The molecule has 182 valence electrons. The molecule has 3 heterocycles. The van der Waals surface area contributed by atoms with Crippen LogP contribution in [0, 0.1) is 11.7 Å². The number of nitrogens with two attached hydrogens (primary N) is 1. The normalized spacial score (nSPS) is 26.1. The molecule has 2 aromatic rings. The van der Waals surface area contributed by atoms with Crippen molar-refractivity contribution in [1.82, 2.24) is 9.97 Å². The van der Waals surface area contributed by atoms with Crippen LogP contribution in [0.25, 0.3) is 0 Å². The third kappa shape index (κ3) is 4.67. The molecule has 1 fully saturated rings. The SMILES string of the molecule is C[C@]1(c2cc(CC(=O)c3cnc(OCF)cn3)ccc2F)N=C(N)O[C@@H]2CO[C@@H](CC(F)F)[C@@H]21. The van der Waals surface area contributed by atoms with E-state index < -0.39 is 55.0 Å². The number of fused-ring (bicyclic) bond motifs is 1. The zero-order valence-corrected chi connectivity index (χ0v) is 18.1. The number of aliphatic imine (C=N–C) groups is 1. The van der Waals surface area contributed by atoms with Crippen molar-refractivity contribution in [3.63, 3.8) is 0 Å². The first kappa shape index (κ1) is 23.9. The number of hydrogen-bond donors (Lipinski definition) is 1. The Hall–Kier alpha value is -3.28. The molecule has 0 spiro atoms. The van der Waals surface area contributed by atoms with Crippen LogP contribution in [0.4, 0.5) is 17.6 Å². The van der Waals surface area contributed by atoms with Gasteiger partial charge in [-0.3, -0.25) is 4.79 Å². The van der Waals surface area contributed by atoms with Crippen molar-refractivity contribution < 1.29 is 36.6 Å². The van der Waals surface area contributed by atoms with E-state index in [-0.39, 0.29) is 36.2 Å². The van der Waals surface area contributed by atoms with Crippen molar-refractivity contribution in [3.05, 3.63) is 53.2 Å².